The van der Waals surface area contributed by atoms with Gasteiger partial charge in [0.15, 0.2) is 0 Å². The fourth-order valence-corrected chi connectivity index (χ4v) is 7.09. The van der Waals surface area contributed by atoms with Crippen molar-refractivity contribution in [2.75, 3.05) is 24.5 Å². The quantitative estimate of drug-likeness (QED) is 0.187. The van der Waals surface area contributed by atoms with Crippen LogP contribution in [-0.4, -0.2) is 69.4 Å². The van der Waals surface area contributed by atoms with E-state index in [1.165, 1.54) is 30.6 Å². The van der Waals surface area contributed by atoms with E-state index in [1.807, 2.05) is 24.3 Å². The number of nitrogens with zero attached hydrogens (tertiary/aromatic N) is 5. The van der Waals surface area contributed by atoms with Gasteiger partial charge in [0, 0.05) is 60.5 Å². The Morgan fingerprint density at radius 3 is 2.36 bits per heavy atom. The molecule has 5 atom stereocenters. The summed E-state index contributed by atoms with van der Waals surface area (Å²) in [4.78, 5) is 51.2. The number of halogens is 1. The Labute approximate surface area is 267 Å². The molecule has 1 amide bonds. The van der Waals surface area contributed by atoms with Gasteiger partial charge in [0.1, 0.15) is 18.2 Å². The van der Waals surface area contributed by atoms with Gasteiger partial charge >= 0.3 is 5.97 Å². The average molecular weight is 633 g/mol. The van der Waals surface area contributed by atoms with E-state index in [2.05, 4.69) is 40.9 Å². The molecule has 0 radical (unpaired) electrons. The number of carbonyl (C=O) groups is 2. The van der Waals surface area contributed by atoms with Crippen molar-refractivity contribution >= 4 is 35.0 Å². The summed E-state index contributed by atoms with van der Waals surface area (Å²) in [6.07, 6.45) is 3.39. The number of amides is 1. The molecule has 45 heavy (non-hydrogen) atoms. The lowest BCUT2D eigenvalue weighted by molar-refractivity contribution is -0.384. The minimum Gasteiger partial charge on any atom is -0.452 e. The van der Waals surface area contributed by atoms with Crippen LogP contribution in [0.1, 0.15) is 85.2 Å². The van der Waals surface area contributed by atoms with Gasteiger partial charge in [-0.15, -0.1) is 0 Å². The number of carbonyl (C=O) groups excluding carboxylic acids is 2. The maximum atomic E-state index is 14.2. The lowest BCUT2D eigenvalue weighted by atomic mass is 9.95. The van der Waals surface area contributed by atoms with Crippen molar-refractivity contribution in [3.05, 3.63) is 92.4 Å². The van der Waals surface area contributed by atoms with E-state index in [1.54, 1.807) is 0 Å². The van der Waals surface area contributed by atoms with Crippen molar-refractivity contribution in [2.45, 2.75) is 76.1 Å². The molecule has 2 aliphatic heterocycles. The molecule has 2 bridgehead atoms. The highest BCUT2D eigenvalue weighted by Gasteiger charge is 2.46. The van der Waals surface area contributed by atoms with Gasteiger partial charge in [-0.05, 0) is 55.0 Å². The van der Waals surface area contributed by atoms with Crippen molar-refractivity contribution in [3.63, 3.8) is 0 Å². The molecule has 236 valence electrons. The van der Waals surface area contributed by atoms with Gasteiger partial charge in [-0.1, -0.05) is 44.5 Å². The Morgan fingerprint density at radius 1 is 1.07 bits per heavy atom. The number of esters is 1. The fourth-order valence-electron chi connectivity index (χ4n) is 6.96. The molecular formula is C33H37ClN6O5. The van der Waals surface area contributed by atoms with E-state index >= 15 is 0 Å². The van der Waals surface area contributed by atoms with E-state index in [4.69, 9.17) is 21.3 Å². The molecule has 2 saturated heterocycles. The number of non-ortho nitro benzene ring substituents is 1. The fraction of sp³-hybridized carbons (Fsp3) is 0.455. The van der Waals surface area contributed by atoms with Gasteiger partial charge in [0.05, 0.1) is 22.1 Å². The Bertz CT molecular complexity index is 1570. The summed E-state index contributed by atoms with van der Waals surface area (Å²) in [5.74, 6) is 0.161. The highest BCUT2D eigenvalue weighted by molar-refractivity contribution is 6.30. The van der Waals surface area contributed by atoms with Crippen LogP contribution in [0.5, 0.6) is 0 Å². The number of nitro groups is 1. The van der Waals surface area contributed by atoms with Crippen LogP contribution in [0.4, 0.5) is 11.5 Å². The van der Waals surface area contributed by atoms with Crippen LogP contribution in [0.15, 0.2) is 54.9 Å². The monoisotopic (exact) mass is 632 g/mol. The molecule has 1 N–H and O–H groups in total. The summed E-state index contributed by atoms with van der Waals surface area (Å²) in [6, 6.07) is 13.3. The molecule has 1 aliphatic carbocycles. The largest absolute Gasteiger partial charge is 0.452 e. The number of ether oxygens (including phenoxy) is 1. The third-order valence-corrected chi connectivity index (χ3v) is 9.41. The lowest BCUT2D eigenvalue weighted by Crippen LogP contribution is -2.58. The standard InChI is InChI=1S/C33H37ClN6O5/c1-19(2)35-15-27(21-4-8-23(34)9-5-21)32(41)39-25-12-13-26(39)17-38(16-25)31-29-20(3)14-28(30(29)36-18-37-31)45-33(42)22-6-10-24(11-7-22)40(43)44/h4-11,18-20,25-28,35H,12-17H2,1-3H3/t20-,25-,26+,27?,28-/m1/s1. The van der Waals surface area contributed by atoms with Gasteiger partial charge in [-0.3, -0.25) is 14.9 Å². The highest BCUT2D eigenvalue weighted by atomic mass is 35.5. The second kappa shape index (κ2) is 12.7. The van der Waals surface area contributed by atoms with Gasteiger partial charge in [0.2, 0.25) is 5.91 Å². The van der Waals surface area contributed by atoms with Gasteiger partial charge in [-0.2, -0.15) is 0 Å². The molecular weight excluding hydrogens is 596 g/mol. The van der Waals surface area contributed by atoms with Crippen molar-refractivity contribution in [2.24, 2.45) is 0 Å². The number of benzene rings is 2. The van der Waals surface area contributed by atoms with Crippen LogP contribution < -0.4 is 10.2 Å². The number of piperazine rings is 1. The zero-order chi connectivity index (χ0) is 31.8. The molecule has 3 aliphatic rings. The molecule has 6 rings (SSSR count). The molecule has 1 aromatic heterocycles. The zero-order valence-corrected chi connectivity index (χ0v) is 26.3. The number of hydrogen-bond donors (Lipinski definition) is 1. The van der Waals surface area contributed by atoms with Crippen molar-refractivity contribution < 1.29 is 19.2 Å². The van der Waals surface area contributed by atoms with E-state index in [9.17, 15) is 19.7 Å². The number of aromatic nitrogens is 2. The minimum atomic E-state index is -0.553. The third kappa shape index (κ3) is 6.24. The SMILES string of the molecule is CC(C)NCC(C(=O)N1[C@@H]2CC[C@H]1CN(c1ncnc3c1[C@H](C)C[C@H]3OC(=O)c1ccc([N+](=O)[O-])cc1)C2)c1ccc(Cl)cc1. The summed E-state index contributed by atoms with van der Waals surface area (Å²) in [7, 11) is 0. The lowest BCUT2D eigenvalue weighted by Gasteiger charge is -2.43. The Hall–Kier alpha value is -4.09. The normalized spacial score (nSPS) is 22.8. The number of hydrogen-bond acceptors (Lipinski definition) is 9. The molecule has 12 heteroatoms. The van der Waals surface area contributed by atoms with Crippen molar-refractivity contribution in [1.29, 1.82) is 0 Å². The van der Waals surface area contributed by atoms with Crippen LogP contribution in [0.2, 0.25) is 5.02 Å². The number of fused-ring (bicyclic) bond motifs is 3. The molecule has 1 unspecified atom stereocenters. The maximum Gasteiger partial charge on any atom is 0.338 e. The van der Waals surface area contributed by atoms with Crippen LogP contribution in [0, 0.1) is 10.1 Å². The van der Waals surface area contributed by atoms with Crippen molar-refractivity contribution in [1.82, 2.24) is 20.2 Å². The Kier molecular flexibility index (Phi) is 8.74. The first kappa shape index (κ1) is 30.9. The summed E-state index contributed by atoms with van der Waals surface area (Å²) in [5, 5.41) is 15.1. The van der Waals surface area contributed by atoms with E-state index < -0.39 is 17.0 Å². The molecule has 2 fully saturated rings. The maximum absolute atomic E-state index is 14.2. The first-order chi connectivity index (χ1) is 21.6. The third-order valence-electron chi connectivity index (χ3n) is 9.16. The number of rotatable bonds is 9. The highest BCUT2D eigenvalue weighted by Crippen LogP contribution is 2.46. The molecule has 0 spiro atoms. The first-order valence-electron chi connectivity index (χ1n) is 15.5. The predicted octanol–water partition coefficient (Wildman–Crippen LogP) is 5.40. The van der Waals surface area contributed by atoms with Crippen LogP contribution >= 0.6 is 11.6 Å². The number of anilines is 1. The Balaban J connectivity index is 1.19. The molecule has 3 heterocycles. The molecule has 3 aromatic rings. The van der Waals surface area contributed by atoms with Gasteiger partial charge in [0.25, 0.3) is 5.69 Å². The van der Waals surface area contributed by atoms with Gasteiger partial charge in [-0.25, -0.2) is 14.8 Å². The van der Waals surface area contributed by atoms with Crippen LogP contribution in [-0.2, 0) is 9.53 Å². The number of nitro benzene ring substituents is 1. The minimum absolute atomic E-state index is 0.0552. The summed E-state index contributed by atoms with van der Waals surface area (Å²) in [5.41, 5.74) is 2.77. The van der Waals surface area contributed by atoms with E-state index in [0.717, 1.165) is 29.8 Å². The van der Waals surface area contributed by atoms with Crippen LogP contribution in [0.3, 0.4) is 0 Å². The molecule has 11 nitrogen and oxygen atoms in total. The first-order valence-corrected chi connectivity index (χ1v) is 15.8. The zero-order valence-electron chi connectivity index (χ0n) is 25.6. The van der Waals surface area contributed by atoms with E-state index in [-0.39, 0.29) is 47.1 Å². The summed E-state index contributed by atoms with van der Waals surface area (Å²) in [6.45, 7) is 8.11. The predicted molar refractivity (Wildman–Crippen MR) is 170 cm³/mol. The smallest absolute Gasteiger partial charge is 0.338 e. The second-order valence-corrected chi connectivity index (χ2v) is 13.0. The Morgan fingerprint density at radius 2 is 1.73 bits per heavy atom. The second-order valence-electron chi connectivity index (χ2n) is 12.5. The van der Waals surface area contributed by atoms with Gasteiger partial charge < -0.3 is 19.9 Å². The molecule has 2 aromatic carbocycles. The topological polar surface area (TPSA) is 131 Å². The summed E-state index contributed by atoms with van der Waals surface area (Å²) < 4.78 is 5.87. The van der Waals surface area contributed by atoms with Crippen molar-refractivity contribution in [3.8, 4) is 0 Å². The molecule has 0 saturated carbocycles. The van der Waals surface area contributed by atoms with Crippen LogP contribution in [0.25, 0.3) is 0 Å². The average Bonchev–Trinajstić information content (AvgIpc) is 3.48. The summed E-state index contributed by atoms with van der Waals surface area (Å²) >= 11 is 6.16. The number of nitrogens with one attached hydrogen (secondary N) is 1. The van der Waals surface area contributed by atoms with E-state index in [0.29, 0.717) is 36.8 Å².